The number of rotatable bonds is 5. The highest BCUT2D eigenvalue weighted by Crippen LogP contribution is 2.27. The van der Waals surface area contributed by atoms with Gasteiger partial charge in [-0.15, -0.1) is 0 Å². The summed E-state index contributed by atoms with van der Waals surface area (Å²) in [5.41, 5.74) is 6.05. The van der Waals surface area contributed by atoms with Crippen LogP contribution in [0, 0.1) is 20.8 Å². The molecular formula is C17H23N3O. The molecule has 0 saturated heterocycles. The van der Waals surface area contributed by atoms with Gasteiger partial charge in [-0.1, -0.05) is 19.1 Å². The van der Waals surface area contributed by atoms with Crippen LogP contribution in [0.15, 0.2) is 24.5 Å². The van der Waals surface area contributed by atoms with Crippen molar-refractivity contribution in [3.05, 3.63) is 52.5 Å². The van der Waals surface area contributed by atoms with Gasteiger partial charge in [0.2, 0.25) is 5.88 Å². The monoisotopic (exact) mass is 285 g/mol. The molecule has 1 unspecified atom stereocenters. The summed E-state index contributed by atoms with van der Waals surface area (Å²) in [6.07, 6.45) is 1.55. The van der Waals surface area contributed by atoms with Gasteiger partial charge in [0.15, 0.2) is 0 Å². The molecule has 112 valence electrons. The van der Waals surface area contributed by atoms with Crippen LogP contribution in [0.25, 0.3) is 0 Å². The average Bonchev–Trinajstić information content (AvgIpc) is 2.49. The van der Waals surface area contributed by atoms with Crippen molar-refractivity contribution >= 4 is 0 Å². The van der Waals surface area contributed by atoms with Crippen LogP contribution in [-0.2, 0) is 0 Å². The molecular weight excluding hydrogens is 262 g/mol. The van der Waals surface area contributed by atoms with Gasteiger partial charge >= 0.3 is 0 Å². The molecule has 0 bridgehead atoms. The Bertz CT molecular complexity index is 625. The van der Waals surface area contributed by atoms with Gasteiger partial charge in [-0.3, -0.25) is 0 Å². The third-order valence-corrected chi connectivity index (χ3v) is 3.77. The van der Waals surface area contributed by atoms with Crippen molar-refractivity contribution in [2.75, 3.05) is 13.7 Å². The van der Waals surface area contributed by atoms with Crippen LogP contribution in [0.1, 0.15) is 40.9 Å². The molecule has 0 spiro atoms. The summed E-state index contributed by atoms with van der Waals surface area (Å²) in [6.45, 7) is 9.39. The lowest BCUT2D eigenvalue weighted by molar-refractivity contribution is 0.395. The standard InChI is InChI=1S/C17H23N3O/c1-6-18-17(15-9-16(21-5)20-10-19-15)14-8-12(3)11(2)7-13(14)4/h7-10,17-18H,6H2,1-5H3. The maximum Gasteiger partial charge on any atom is 0.216 e. The molecule has 4 nitrogen and oxygen atoms in total. The number of benzene rings is 1. The second-order valence-electron chi connectivity index (χ2n) is 5.27. The van der Waals surface area contributed by atoms with Crippen molar-refractivity contribution in [2.24, 2.45) is 0 Å². The van der Waals surface area contributed by atoms with E-state index in [9.17, 15) is 0 Å². The van der Waals surface area contributed by atoms with Crippen molar-refractivity contribution in [1.29, 1.82) is 0 Å². The maximum atomic E-state index is 5.21. The Morgan fingerprint density at radius 3 is 2.43 bits per heavy atom. The van der Waals surface area contributed by atoms with Crippen molar-refractivity contribution in [3.8, 4) is 5.88 Å². The van der Waals surface area contributed by atoms with Gasteiger partial charge in [-0.2, -0.15) is 0 Å². The molecule has 1 heterocycles. The molecule has 0 aliphatic carbocycles. The van der Waals surface area contributed by atoms with Crippen molar-refractivity contribution in [2.45, 2.75) is 33.7 Å². The summed E-state index contributed by atoms with van der Waals surface area (Å²) >= 11 is 0. The summed E-state index contributed by atoms with van der Waals surface area (Å²) in [4.78, 5) is 8.51. The summed E-state index contributed by atoms with van der Waals surface area (Å²) in [5, 5.41) is 3.51. The van der Waals surface area contributed by atoms with Crippen LogP contribution >= 0.6 is 0 Å². The first-order valence-electron chi connectivity index (χ1n) is 7.23. The minimum absolute atomic E-state index is 0.0474. The predicted molar refractivity (Wildman–Crippen MR) is 84.8 cm³/mol. The van der Waals surface area contributed by atoms with Crippen LogP contribution in [0.3, 0.4) is 0 Å². The predicted octanol–water partition coefficient (Wildman–Crippen LogP) is 3.11. The van der Waals surface area contributed by atoms with Crippen molar-refractivity contribution < 1.29 is 4.74 Å². The third-order valence-electron chi connectivity index (χ3n) is 3.77. The van der Waals surface area contributed by atoms with Gasteiger partial charge in [-0.25, -0.2) is 9.97 Å². The van der Waals surface area contributed by atoms with Crippen molar-refractivity contribution in [3.63, 3.8) is 0 Å². The Balaban J connectivity index is 2.50. The molecule has 4 heteroatoms. The van der Waals surface area contributed by atoms with E-state index in [1.54, 1.807) is 13.4 Å². The normalized spacial score (nSPS) is 12.2. The number of hydrogen-bond donors (Lipinski definition) is 1. The zero-order chi connectivity index (χ0) is 15.4. The zero-order valence-electron chi connectivity index (χ0n) is 13.4. The lowest BCUT2D eigenvalue weighted by Gasteiger charge is -2.21. The molecule has 2 rings (SSSR count). The van der Waals surface area contributed by atoms with Crippen molar-refractivity contribution in [1.82, 2.24) is 15.3 Å². The van der Waals surface area contributed by atoms with E-state index < -0.39 is 0 Å². The second kappa shape index (κ2) is 6.68. The molecule has 21 heavy (non-hydrogen) atoms. The molecule has 0 fully saturated rings. The van der Waals surface area contributed by atoms with E-state index in [0.29, 0.717) is 5.88 Å². The van der Waals surface area contributed by atoms with Crippen LogP contribution in [0.5, 0.6) is 5.88 Å². The topological polar surface area (TPSA) is 47.0 Å². The molecule has 0 amide bonds. The highest BCUT2D eigenvalue weighted by atomic mass is 16.5. The lowest BCUT2D eigenvalue weighted by atomic mass is 9.94. The first-order valence-corrected chi connectivity index (χ1v) is 7.23. The van der Waals surface area contributed by atoms with E-state index >= 15 is 0 Å². The second-order valence-corrected chi connectivity index (χ2v) is 5.27. The first kappa shape index (κ1) is 15.4. The molecule has 0 radical (unpaired) electrons. The Labute approximate surface area is 126 Å². The summed E-state index contributed by atoms with van der Waals surface area (Å²) in [6, 6.07) is 6.41. The van der Waals surface area contributed by atoms with E-state index in [1.807, 2.05) is 6.07 Å². The molecule has 1 aromatic heterocycles. The van der Waals surface area contributed by atoms with E-state index in [0.717, 1.165) is 12.2 Å². The largest absolute Gasteiger partial charge is 0.481 e. The highest BCUT2D eigenvalue weighted by molar-refractivity contribution is 5.41. The van der Waals surface area contributed by atoms with Crippen LogP contribution in [0.2, 0.25) is 0 Å². The number of aromatic nitrogens is 2. The Morgan fingerprint density at radius 2 is 1.76 bits per heavy atom. The lowest BCUT2D eigenvalue weighted by Crippen LogP contribution is -2.24. The number of nitrogens with one attached hydrogen (secondary N) is 1. The molecule has 1 N–H and O–H groups in total. The minimum Gasteiger partial charge on any atom is -0.481 e. The smallest absolute Gasteiger partial charge is 0.216 e. The Kier molecular flexibility index (Phi) is 4.91. The van der Waals surface area contributed by atoms with E-state index in [2.05, 4.69) is 55.1 Å². The summed E-state index contributed by atoms with van der Waals surface area (Å²) < 4.78 is 5.21. The molecule has 0 aliphatic rings. The molecule has 0 saturated carbocycles. The Hall–Kier alpha value is -1.94. The third kappa shape index (κ3) is 3.39. The van der Waals surface area contributed by atoms with E-state index in [1.165, 1.54) is 22.3 Å². The van der Waals surface area contributed by atoms with Crippen LogP contribution in [0.4, 0.5) is 0 Å². The zero-order valence-corrected chi connectivity index (χ0v) is 13.4. The average molecular weight is 285 g/mol. The van der Waals surface area contributed by atoms with E-state index in [-0.39, 0.29) is 6.04 Å². The number of aryl methyl sites for hydroxylation is 3. The quantitative estimate of drug-likeness (QED) is 0.917. The number of hydrogen-bond acceptors (Lipinski definition) is 4. The molecule has 2 aromatic rings. The fourth-order valence-corrected chi connectivity index (χ4v) is 2.49. The summed E-state index contributed by atoms with van der Waals surface area (Å²) in [5.74, 6) is 0.587. The SMILES string of the molecule is CCNC(c1cc(OC)ncn1)c1cc(C)c(C)cc1C. The molecule has 0 aliphatic heterocycles. The molecule has 1 aromatic carbocycles. The minimum atomic E-state index is 0.0474. The van der Waals surface area contributed by atoms with Crippen LogP contribution in [-0.4, -0.2) is 23.6 Å². The van der Waals surface area contributed by atoms with Gasteiger partial charge in [0.1, 0.15) is 6.33 Å². The number of methoxy groups -OCH3 is 1. The van der Waals surface area contributed by atoms with Gasteiger partial charge in [0, 0.05) is 6.07 Å². The maximum absolute atomic E-state index is 5.21. The number of ether oxygens (including phenoxy) is 1. The highest BCUT2D eigenvalue weighted by Gasteiger charge is 2.18. The first-order chi connectivity index (χ1) is 10.1. The fourth-order valence-electron chi connectivity index (χ4n) is 2.49. The van der Waals surface area contributed by atoms with Gasteiger partial charge in [-0.05, 0) is 49.6 Å². The van der Waals surface area contributed by atoms with Gasteiger partial charge in [0.25, 0.3) is 0 Å². The fraction of sp³-hybridized carbons (Fsp3) is 0.412. The van der Waals surface area contributed by atoms with Crippen LogP contribution < -0.4 is 10.1 Å². The molecule has 1 atom stereocenters. The Morgan fingerprint density at radius 1 is 1.05 bits per heavy atom. The van der Waals surface area contributed by atoms with E-state index in [4.69, 9.17) is 4.74 Å². The number of nitrogens with zero attached hydrogens (tertiary/aromatic N) is 2. The summed E-state index contributed by atoms with van der Waals surface area (Å²) in [7, 11) is 1.62. The van der Waals surface area contributed by atoms with Gasteiger partial charge < -0.3 is 10.1 Å². The van der Waals surface area contributed by atoms with Gasteiger partial charge in [0.05, 0.1) is 18.8 Å².